The summed E-state index contributed by atoms with van der Waals surface area (Å²) in [4.78, 5) is 0. The van der Waals surface area contributed by atoms with E-state index in [1.54, 1.807) is 6.07 Å². The van der Waals surface area contributed by atoms with E-state index in [1.807, 2.05) is 6.92 Å². The van der Waals surface area contributed by atoms with Crippen LogP contribution in [-0.4, -0.2) is 12.7 Å². The SMILES string of the molecule is CC(C)CC(C)OCC(N)c1cccc(C(F)(F)F)c1. The fourth-order valence-corrected chi connectivity index (χ4v) is 2.04. The topological polar surface area (TPSA) is 35.2 Å². The van der Waals surface area contributed by atoms with Crippen molar-refractivity contribution in [2.24, 2.45) is 11.7 Å². The highest BCUT2D eigenvalue weighted by molar-refractivity contribution is 5.27. The quantitative estimate of drug-likeness (QED) is 0.853. The number of ether oxygens (including phenoxy) is 1. The molecule has 114 valence electrons. The molecule has 1 aromatic rings. The molecule has 2 N–H and O–H groups in total. The molecular weight excluding hydrogens is 267 g/mol. The van der Waals surface area contributed by atoms with Gasteiger partial charge in [-0.2, -0.15) is 13.2 Å². The van der Waals surface area contributed by atoms with Crippen LogP contribution in [-0.2, 0) is 10.9 Å². The first-order chi connectivity index (χ1) is 9.20. The van der Waals surface area contributed by atoms with Gasteiger partial charge in [-0.3, -0.25) is 0 Å². The normalized spacial score (nSPS) is 15.4. The summed E-state index contributed by atoms with van der Waals surface area (Å²) in [5.74, 6) is 0.509. The van der Waals surface area contributed by atoms with Crippen LogP contribution in [0.3, 0.4) is 0 Å². The van der Waals surface area contributed by atoms with Crippen molar-refractivity contribution in [3.8, 4) is 0 Å². The van der Waals surface area contributed by atoms with Crippen molar-refractivity contribution in [2.45, 2.75) is 45.5 Å². The van der Waals surface area contributed by atoms with Gasteiger partial charge in [-0.1, -0.05) is 26.0 Å². The lowest BCUT2D eigenvalue weighted by molar-refractivity contribution is -0.137. The van der Waals surface area contributed by atoms with E-state index in [0.717, 1.165) is 18.6 Å². The van der Waals surface area contributed by atoms with Crippen LogP contribution >= 0.6 is 0 Å². The Hall–Kier alpha value is -1.07. The minimum absolute atomic E-state index is 0.0480. The zero-order valence-electron chi connectivity index (χ0n) is 12.1. The Morgan fingerprint density at radius 1 is 1.20 bits per heavy atom. The van der Waals surface area contributed by atoms with Gasteiger partial charge < -0.3 is 10.5 Å². The molecule has 0 amide bonds. The molecule has 1 aromatic carbocycles. The van der Waals surface area contributed by atoms with Crippen LogP contribution in [0.15, 0.2) is 24.3 Å². The average molecular weight is 289 g/mol. The highest BCUT2D eigenvalue weighted by Crippen LogP contribution is 2.30. The lowest BCUT2D eigenvalue weighted by Crippen LogP contribution is -2.22. The molecule has 0 heterocycles. The van der Waals surface area contributed by atoms with Crippen LogP contribution in [0, 0.1) is 5.92 Å². The van der Waals surface area contributed by atoms with Gasteiger partial charge in [0.15, 0.2) is 0 Å². The molecule has 0 saturated heterocycles. The number of alkyl halides is 3. The highest BCUT2D eigenvalue weighted by Gasteiger charge is 2.30. The van der Waals surface area contributed by atoms with Gasteiger partial charge in [0.25, 0.3) is 0 Å². The van der Waals surface area contributed by atoms with Gasteiger partial charge in [0.1, 0.15) is 0 Å². The van der Waals surface area contributed by atoms with Gasteiger partial charge in [0.2, 0.25) is 0 Å². The third-order valence-corrected chi connectivity index (χ3v) is 3.01. The van der Waals surface area contributed by atoms with E-state index in [2.05, 4.69) is 13.8 Å². The van der Waals surface area contributed by atoms with Crippen LogP contribution in [0.2, 0.25) is 0 Å². The van der Waals surface area contributed by atoms with E-state index < -0.39 is 17.8 Å². The lowest BCUT2D eigenvalue weighted by Gasteiger charge is -2.19. The number of nitrogens with two attached hydrogens (primary N) is 1. The van der Waals surface area contributed by atoms with Gasteiger partial charge in [0.05, 0.1) is 24.3 Å². The first-order valence-corrected chi connectivity index (χ1v) is 6.74. The Kier molecular flexibility index (Phi) is 6.02. The molecule has 0 bridgehead atoms. The van der Waals surface area contributed by atoms with E-state index in [4.69, 9.17) is 10.5 Å². The lowest BCUT2D eigenvalue weighted by atomic mass is 10.0. The van der Waals surface area contributed by atoms with E-state index >= 15 is 0 Å². The van der Waals surface area contributed by atoms with Gasteiger partial charge in [-0.15, -0.1) is 0 Å². The molecule has 0 fully saturated rings. The second-order valence-electron chi connectivity index (χ2n) is 5.50. The third kappa shape index (κ3) is 5.51. The third-order valence-electron chi connectivity index (χ3n) is 3.01. The molecule has 2 atom stereocenters. The molecule has 0 aromatic heterocycles. The Morgan fingerprint density at radius 2 is 1.85 bits per heavy atom. The maximum absolute atomic E-state index is 12.6. The molecule has 0 aliphatic rings. The molecule has 5 heteroatoms. The second-order valence-corrected chi connectivity index (χ2v) is 5.50. The first kappa shape index (κ1) is 17.0. The molecule has 1 rings (SSSR count). The molecule has 0 aliphatic carbocycles. The number of rotatable bonds is 6. The average Bonchev–Trinajstić information content (AvgIpc) is 2.34. The molecule has 0 saturated carbocycles. The standard InChI is InChI=1S/C15H22F3NO/c1-10(2)7-11(3)20-9-14(19)12-5-4-6-13(8-12)15(16,17)18/h4-6,8,10-11,14H,7,9,19H2,1-3H3. The van der Waals surface area contributed by atoms with Gasteiger partial charge in [0, 0.05) is 0 Å². The molecule has 0 spiro atoms. The molecule has 2 nitrogen and oxygen atoms in total. The van der Waals surface area contributed by atoms with E-state index in [9.17, 15) is 13.2 Å². The van der Waals surface area contributed by atoms with Gasteiger partial charge >= 0.3 is 6.18 Å². The van der Waals surface area contributed by atoms with E-state index in [1.165, 1.54) is 6.07 Å². The maximum Gasteiger partial charge on any atom is 0.416 e. The predicted molar refractivity (Wildman–Crippen MR) is 73.2 cm³/mol. The number of hydrogen-bond acceptors (Lipinski definition) is 2. The van der Waals surface area contributed by atoms with Gasteiger partial charge in [-0.05, 0) is 37.0 Å². The second kappa shape index (κ2) is 7.09. The monoisotopic (exact) mass is 289 g/mol. The van der Waals surface area contributed by atoms with Crippen LogP contribution in [0.1, 0.15) is 44.4 Å². The van der Waals surface area contributed by atoms with Crippen molar-refractivity contribution >= 4 is 0 Å². The molecule has 0 radical (unpaired) electrons. The van der Waals surface area contributed by atoms with Crippen LogP contribution in [0.4, 0.5) is 13.2 Å². The molecule has 2 unspecified atom stereocenters. The van der Waals surface area contributed by atoms with Crippen molar-refractivity contribution in [3.05, 3.63) is 35.4 Å². The Labute approximate surface area is 118 Å². The Bertz CT molecular complexity index is 418. The largest absolute Gasteiger partial charge is 0.416 e. The fourth-order valence-electron chi connectivity index (χ4n) is 2.04. The zero-order chi connectivity index (χ0) is 15.3. The summed E-state index contributed by atoms with van der Waals surface area (Å²) >= 11 is 0. The summed E-state index contributed by atoms with van der Waals surface area (Å²) in [6, 6.07) is 4.54. The maximum atomic E-state index is 12.6. The van der Waals surface area contributed by atoms with Crippen molar-refractivity contribution in [1.82, 2.24) is 0 Å². The van der Waals surface area contributed by atoms with Crippen LogP contribution < -0.4 is 5.73 Å². The van der Waals surface area contributed by atoms with Crippen molar-refractivity contribution in [2.75, 3.05) is 6.61 Å². The number of benzene rings is 1. The summed E-state index contributed by atoms with van der Waals surface area (Å²) < 4.78 is 43.4. The van der Waals surface area contributed by atoms with Crippen LogP contribution in [0.25, 0.3) is 0 Å². The van der Waals surface area contributed by atoms with Gasteiger partial charge in [-0.25, -0.2) is 0 Å². The molecule has 20 heavy (non-hydrogen) atoms. The predicted octanol–water partition coefficient (Wildman–Crippen LogP) is 4.16. The number of halogens is 3. The first-order valence-electron chi connectivity index (χ1n) is 6.74. The highest BCUT2D eigenvalue weighted by atomic mass is 19.4. The Morgan fingerprint density at radius 3 is 2.40 bits per heavy atom. The summed E-state index contributed by atoms with van der Waals surface area (Å²) in [6.07, 6.45) is -3.40. The summed E-state index contributed by atoms with van der Waals surface area (Å²) in [5, 5.41) is 0. The van der Waals surface area contributed by atoms with Crippen molar-refractivity contribution in [1.29, 1.82) is 0 Å². The van der Waals surface area contributed by atoms with E-state index in [-0.39, 0.29) is 12.7 Å². The minimum Gasteiger partial charge on any atom is -0.377 e. The zero-order valence-corrected chi connectivity index (χ0v) is 12.1. The van der Waals surface area contributed by atoms with Crippen LogP contribution in [0.5, 0.6) is 0 Å². The van der Waals surface area contributed by atoms with Crippen molar-refractivity contribution < 1.29 is 17.9 Å². The summed E-state index contributed by atoms with van der Waals surface area (Å²) in [5.41, 5.74) is 5.66. The smallest absolute Gasteiger partial charge is 0.377 e. The Balaban J connectivity index is 2.62. The summed E-state index contributed by atoms with van der Waals surface area (Å²) in [6.45, 7) is 6.34. The molecule has 0 aliphatic heterocycles. The van der Waals surface area contributed by atoms with E-state index in [0.29, 0.717) is 11.5 Å². The van der Waals surface area contributed by atoms with Crippen molar-refractivity contribution in [3.63, 3.8) is 0 Å². The molecular formula is C15H22F3NO. The minimum atomic E-state index is -4.35. The fraction of sp³-hybridized carbons (Fsp3) is 0.600. The number of hydrogen-bond donors (Lipinski definition) is 1. The summed E-state index contributed by atoms with van der Waals surface area (Å²) in [7, 11) is 0.